The summed E-state index contributed by atoms with van der Waals surface area (Å²) in [6.45, 7) is 6.53. The number of hydrogen-bond acceptors (Lipinski definition) is 2. The lowest BCUT2D eigenvalue weighted by atomic mass is 9.96. The van der Waals surface area contributed by atoms with Gasteiger partial charge in [0, 0.05) is 6.54 Å². The number of hydrogen-bond donors (Lipinski definition) is 1. The fourth-order valence-electron chi connectivity index (χ4n) is 1.74. The molecule has 4 heteroatoms. The third-order valence-corrected chi connectivity index (χ3v) is 2.62. The summed E-state index contributed by atoms with van der Waals surface area (Å²) in [4.78, 5) is 0. The second-order valence-electron chi connectivity index (χ2n) is 3.68. The number of aliphatic hydroxyl groups is 1. The van der Waals surface area contributed by atoms with Crippen molar-refractivity contribution in [3.63, 3.8) is 0 Å². The minimum Gasteiger partial charge on any atom is -0.384 e. The van der Waals surface area contributed by atoms with Crippen molar-refractivity contribution < 1.29 is 5.11 Å². The Bertz CT molecular complexity index is 307. The molecule has 1 heterocycles. The molecule has 0 saturated heterocycles. The summed E-state index contributed by atoms with van der Waals surface area (Å²) in [5, 5.41) is 14.9. The maximum absolute atomic E-state index is 10.2. The average molecular weight is 217 g/mol. The van der Waals surface area contributed by atoms with E-state index in [1.807, 2.05) is 13.8 Å². The largest absolute Gasteiger partial charge is 0.384 e. The highest BCUT2D eigenvalue weighted by Gasteiger charge is 2.28. The van der Waals surface area contributed by atoms with Gasteiger partial charge in [-0.1, -0.05) is 24.9 Å². The van der Waals surface area contributed by atoms with Crippen LogP contribution in [0.5, 0.6) is 0 Å². The van der Waals surface area contributed by atoms with Crippen LogP contribution < -0.4 is 0 Å². The number of halogens is 1. The third kappa shape index (κ3) is 2.10. The molecule has 1 rings (SSSR count). The van der Waals surface area contributed by atoms with E-state index in [-0.39, 0.29) is 0 Å². The SMILES string of the molecule is CCCC(C)(O)c1c(Cl)cnn1CC. The van der Waals surface area contributed by atoms with E-state index in [0.29, 0.717) is 11.4 Å². The molecule has 14 heavy (non-hydrogen) atoms. The molecule has 0 fully saturated rings. The maximum atomic E-state index is 10.2. The predicted octanol–water partition coefficient (Wildman–Crippen LogP) is 2.56. The smallest absolute Gasteiger partial charge is 0.105 e. The van der Waals surface area contributed by atoms with E-state index < -0.39 is 5.60 Å². The van der Waals surface area contributed by atoms with Crippen molar-refractivity contribution in [3.05, 3.63) is 16.9 Å². The fourth-order valence-corrected chi connectivity index (χ4v) is 2.09. The van der Waals surface area contributed by atoms with Crippen molar-refractivity contribution in [2.75, 3.05) is 0 Å². The van der Waals surface area contributed by atoms with Crippen LogP contribution in [0.3, 0.4) is 0 Å². The average Bonchev–Trinajstić information content (AvgIpc) is 2.47. The van der Waals surface area contributed by atoms with Crippen molar-refractivity contribution >= 4 is 11.6 Å². The Morgan fingerprint density at radius 2 is 2.21 bits per heavy atom. The van der Waals surface area contributed by atoms with E-state index >= 15 is 0 Å². The van der Waals surface area contributed by atoms with E-state index in [1.54, 1.807) is 17.8 Å². The van der Waals surface area contributed by atoms with Crippen molar-refractivity contribution in [2.24, 2.45) is 0 Å². The zero-order valence-electron chi connectivity index (χ0n) is 8.92. The molecule has 1 unspecified atom stereocenters. The third-order valence-electron chi connectivity index (χ3n) is 2.34. The summed E-state index contributed by atoms with van der Waals surface area (Å²) in [6.07, 6.45) is 3.20. The Hall–Kier alpha value is -0.540. The van der Waals surface area contributed by atoms with Crippen LogP contribution in [0, 0.1) is 0 Å². The van der Waals surface area contributed by atoms with Gasteiger partial charge in [-0.05, 0) is 20.3 Å². The van der Waals surface area contributed by atoms with Gasteiger partial charge in [0.1, 0.15) is 5.60 Å². The Morgan fingerprint density at radius 3 is 2.71 bits per heavy atom. The molecular weight excluding hydrogens is 200 g/mol. The number of nitrogens with zero attached hydrogens (tertiary/aromatic N) is 2. The molecular formula is C10H17ClN2O. The molecule has 0 amide bonds. The summed E-state index contributed by atoms with van der Waals surface area (Å²) in [7, 11) is 0. The van der Waals surface area contributed by atoms with Crippen LogP contribution in [0.15, 0.2) is 6.20 Å². The van der Waals surface area contributed by atoms with Gasteiger partial charge < -0.3 is 5.11 Å². The minimum atomic E-state index is -0.877. The second kappa shape index (κ2) is 4.32. The molecule has 0 aromatic carbocycles. The summed E-state index contributed by atoms with van der Waals surface area (Å²) in [6, 6.07) is 0. The highest BCUT2D eigenvalue weighted by atomic mass is 35.5. The van der Waals surface area contributed by atoms with Gasteiger partial charge >= 0.3 is 0 Å². The van der Waals surface area contributed by atoms with Gasteiger partial charge in [0.2, 0.25) is 0 Å². The Kier molecular flexibility index (Phi) is 3.56. The van der Waals surface area contributed by atoms with E-state index in [0.717, 1.165) is 18.7 Å². The number of rotatable bonds is 4. The maximum Gasteiger partial charge on any atom is 0.105 e. The van der Waals surface area contributed by atoms with Crippen molar-refractivity contribution in [1.29, 1.82) is 0 Å². The van der Waals surface area contributed by atoms with E-state index in [9.17, 15) is 5.11 Å². The van der Waals surface area contributed by atoms with E-state index in [2.05, 4.69) is 5.10 Å². The second-order valence-corrected chi connectivity index (χ2v) is 4.09. The molecule has 0 radical (unpaired) electrons. The molecule has 0 aliphatic heterocycles. The highest BCUT2D eigenvalue weighted by Crippen LogP contribution is 2.31. The van der Waals surface area contributed by atoms with Gasteiger partial charge in [-0.15, -0.1) is 0 Å². The fraction of sp³-hybridized carbons (Fsp3) is 0.700. The Balaban J connectivity index is 3.08. The normalized spacial score (nSPS) is 15.5. The van der Waals surface area contributed by atoms with Crippen LogP contribution in [-0.2, 0) is 12.1 Å². The van der Waals surface area contributed by atoms with Gasteiger partial charge in [-0.2, -0.15) is 5.10 Å². The highest BCUT2D eigenvalue weighted by molar-refractivity contribution is 6.31. The van der Waals surface area contributed by atoms with Crippen LogP contribution in [0.1, 0.15) is 39.3 Å². The molecule has 0 bridgehead atoms. The molecule has 80 valence electrons. The Labute approximate surface area is 89.7 Å². The van der Waals surface area contributed by atoms with Gasteiger partial charge in [0.25, 0.3) is 0 Å². The molecule has 1 N–H and O–H groups in total. The first-order valence-electron chi connectivity index (χ1n) is 4.97. The molecule has 3 nitrogen and oxygen atoms in total. The zero-order valence-corrected chi connectivity index (χ0v) is 9.67. The van der Waals surface area contributed by atoms with Gasteiger partial charge in [0.05, 0.1) is 16.9 Å². The molecule has 1 aromatic rings. The predicted molar refractivity (Wildman–Crippen MR) is 57.4 cm³/mol. The Morgan fingerprint density at radius 1 is 1.57 bits per heavy atom. The van der Waals surface area contributed by atoms with Crippen LogP contribution >= 0.6 is 11.6 Å². The number of aromatic nitrogens is 2. The van der Waals surface area contributed by atoms with Gasteiger partial charge in [-0.3, -0.25) is 4.68 Å². The lowest BCUT2D eigenvalue weighted by molar-refractivity contribution is 0.0378. The summed E-state index contributed by atoms with van der Waals surface area (Å²) in [5.41, 5.74) is -0.151. The van der Waals surface area contributed by atoms with E-state index in [4.69, 9.17) is 11.6 Å². The molecule has 0 saturated carbocycles. The molecule has 1 aromatic heterocycles. The van der Waals surface area contributed by atoms with E-state index in [1.165, 1.54) is 0 Å². The first kappa shape index (κ1) is 11.5. The van der Waals surface area contributed by atoms with Crippen molar-refractivity contribution in [3.8, 4) is 0 Å². The van der Waals surface area contributed by atoms with Crippen LogP contribution in [0.4, 0.5) is 0 Å². The summed E-state index contributed by atoms with van der Waals surface area (Å²) in [5.74, 6) is 0. The molecule has 0 spiro atoms. The van der Waals surface area contributed by atoms with Crippen LogP contribution in [-0.4, -0.2) is 14.9 Å². The van der Waals surface area contributed by atoms with Crippen LogP contribution in [0.25, 0.3) is 0 Å². The minimum absolute atomic E-state index is 0.547. The first-order valence-corrected chi connectivity index (χ1v) is 5.35. The van der Waals surface area contributed by atoms with Gasteiger partial charge in [-0.25, -0.2) is 0 Å². The zero-order chi connectivity index (χ0) is 10.8. The first-order chi connectivity index (χ1) is 6.53. The van der Waals surface area contributed by atoms with Crippen molar-refractivity contribution in [1.82, 2.24) is 9.78 Å². The molecule has 1 atom stereocenters. The topological polar surface area (TPSA) is 38.1 Å². The standard InChI is InChI=1S/C10H17ClN2O/c1-4-6-10(3,14)9-8(11)7-12-13(9)5-2/h7,14H,4-6H2,1-3H3. The van der Waals surface area contributed by atoms with Gasteiger partial charge in [0.15, 0.2) is 0 Å². The molecule has 0 aliphatic carbocycles. The van der Waals surface area contributed by atoms with Crippen LogP contribution in [0.2, 0.25) is 5.02 Å². The lowest BCUT2D eigenvalue weighted by Crippen LogP contribution is -2.25. The quantitative estimate of drug-likeness (QED) is 0.840. The lowest BCUT2D eigenvalue weighted by Gasteiger charge is -2.24. The monoisotopic (exact) mass is 216 g/mol. The van der Waals surface area contributed by atoms with Crippen molar-refractivity contribution in [2.45, 2.75) is 45.8 Å². The summed E-state index contributed by atoms with van der Waals surface area (Å²) >= 11 is 6.00. The molecule has 0 aliphatic rings. The number of aryl methyl sites for hydroxylation is 1. The summed E-state index contributed by atoms with van der Waals surface area (Å²) < 4.78 is 1.75.